The molecule has 0 radical (unpaired) electrons. The van der Waals surface area contributed by atoms with Crippen molar-refractivity contribution in [3.05, 3.63) is 22.9 Å². The van der Waals surface area contributed by atoms with E-state index in [-0.39, 0.29) is 5.69 Å². The minimum absolute atomic E-state index is 0.000379. The highest BCUT2D eigenvalue weighted by Gasteiger charge is 2.25. The molecule has 0 bridgehead atoms. The van der Waals surface area contributed by atoms with Crippen LogP contribution >= 0.6 is 0 Å². The highest BCUT2D eigenvalue weighted by molar-refractivity contribution is 4.91. The van der Waals surface area contributed by atoms with Gasteiger partial charge in [0, 0.05) is 25.0 Å². The molecule has 5 heteroatoms. The molecule has 1 unspecified atom stereocenters. The van der Waals surface area contributed by atoms with Gasteiger partial charge in [0.05, 0.1) is 12.6 Å². The first kappa shape index (κ1) is 13.4. The normalized spacial score (nSPS) is 17.3. The topological polar surface area (TPSA) is 59.2 Å². The summed E-state index contributed by atoms with van der Waals surface area (Å²) in [6.45, 7) is 6.02. The maximum atomic E-state index is 12.0. The van der Waals surface area contributed by atoms with Crippen molar-refractivity contribution in [2.75, 3.05) is 13.1 Å². The second-order valence-corrected chi connectivity index (χ2v) is 5.58. The fourth-order valence-electron chi connectivity index (χ4n) is 2.03. The molecule has 2 rings (SSSR count). The van der Waals surface area contributed by atoms with Gasteiger partial charge in [-0.25, -0.2) is 4.79 Å². The summed E-state index contributed by atoms with van der Waals surface area (Å²) in [5, 5.41) is 13.1. The van der Waals surface area contributed by atoms with E-state index in [1.807, 2.05) is 6.20 Å². The summed E-state index contributed by atoms with van der Waals surface area (Å²) in [6, 6.07) is 0.398. The molecule has 1 aliphatic rings. The van der Waals surface area contributed by atoms with Crippen molar-refractivity contribution < 1.29 is 5.11 Å². The van der Waals surface area contributed by atoms with Gasteiger partial charge < -0.3 is 10.4 Å². The van der Waals surface area contributed by atoms with E-state index in [0.717, 1.165) is 19.4 Å². The minimum atomic E-state index is -0.517. The van der Waals surface area contributed by atoms with Crippen molar-refractivity contribution in [1.29, 1.82) is 0 Å². The maximum Gasteiger partial charge on any atom is 0.328 e. The Hall–Kier alpha value is -1.07. The number of aliphatic hydroxyl groups is 1. The zero-order chi connectivity index (χ0) is 13.1. The molecule has 18 heavy (non-hydrogen) atoms. The van der Waals surface area contributed by atoms with Crippen molar-refractivity contribution in [3.8, 4) is 0 Å². The summed E-state index contributed by atoms with van der Waals surface area (Å²) in [5.74, 6) is 0.566. The lowest BCUT2D eigenvalue weighted by Gasteiger charge is -2.13. The molecule has 0 saturated heterocycles. The van der Waals surface area contributed by atoms with E-state index in [1.165, 1.54) is 0 Å². The van der Waals surface area contributed by atoms with Gasteiger partial charge in [0.2, 0.25) is 0 Å². The second kappa shape index (κ2) is 5.71. The van der Waals surface area contributed by atoms with E-state index in [2.05, 4.69) is 19.2 Å². The van der Waals surface area contributed by atoms with Crippen LogP contribution in [0.25, 0.3) is 0 Å². The Labute approximate surface area is 107 Å². The number of imidazole rings is 1. The fraction of sp³-hybridized carbons (Fsp3) is 0.769. The van der Waals surface area contributed by atoms with Crippen molar-refractivity contribution in [3.63, 3.8) is 0 Å². The Morgan fingerprint density at radius 1 is 1.39 bits per heavy atom. The van der Waals surface area contributed by atoms with Crippen molar-refractivity contribution in [2.24, 2.45) is 5.92 Å². The zero-order valence-corrected chi connectivity index (χ0v) is 11.2. The van der Waals surface area contributed by atoms with Crippen LogP contribution in [0.3, 0.4) is 0 Å². The minimum Gasteiger partial charge on any atom is -0.390 e. The molecule has 0 aromatic carbocycles. The van der Waals surface area contributed by atoms with Crippen molar-refractivity contribution in [1.82, 2.24) is 14.5 Å². The molecule has 0 spiro atoms. The third-order valence-corrected chi connectivity index (χ3v) is 3.15. The second-order valence-electron chi connectivity index (χ2n) is 5.58. The molecule has 1 saturated carbocycles. The molecule has 1 aromatic heterocycles. The Morgan fingerprint density at radius 2 is 2.11 bits per heavy atom. The zero-order valence-electron chi connectivity index (χ0n) is 11.2. The number of nitrogens with zero attached hydrogens (tertiary/aromatic N) is 2. The van der Waals surface area contributed by atoms with Crippen LogP contribution in [-0.4, -0.2) is 33.4 Å². The molecule has 5 nitrogen and oxygen atoms in total. The SMILES string of the molecule is CC(C)CNCC(O)Cn1ccn(C2CC2)c1=O. The van der Waals surface area contributed by atoms with Gasteiger partial charge in [0.1, 0.15) is 0 Å². The van der Waals surface area contributed by atoms with Crippen LogP contribution in [0.15, 0.2) is 17.2 Å². The Morgan fingerprint density at radius 3 is 2.72 bits per heavy atom. The summed E-state index contributed by atoms with van der Waals surface area (Å²) in [4.78, 5) is 12.0. The fourth-order valence-corrected chi connectivity index (χ4v) is 2.03. The Kier molecular flexibility index (Phi) is 4.24. The molecule has 1 atom stereocenters. The van der Waals surface area contributed by atoms with E-state index in [9.17, 15) is 9.90 Å². The summed E-state index contributed by atoms with van der Waals surface area (Å²) in [6.07, 6.45) is 5.28. The van der Waals surface area contributed by atoms with Gasteiger partial charge in [-0.2, -0.15) is 0 Å². The lowest BCUT2D eigenvalue weighted by atomic mass is 10.2. The molecule has 0 aliphatic heterocycles. The number of aromatic nitrogens is 2. The number of rotatable bonds is 7. The van der Waals surface area contributed by atoms with Crippen molar-refractivity contribution in [2.45, 2.75) is 45.4 Å². The van der Waals surface area contributed by atoms with E-state index < -0.39 is 6.10 Å². The van der Waals surface area contributed by atoms with Gasteiger partial charge in [-0.1, -0.05) is 13.8 Å². The third-order valence-electron chi connectivity index (χ3n) is 3.15. The monoisotopic (exact) mass is 253 g/mol. The number of nitrogens with one attached hydrogen (secondary N) is 1. The lowest BCUT2D eigenvalue weighted by Crippen LogP contribution is -2.35. The number of hydrogen-bond acceptors (Lipinski definition) is 3. The number of hydrogen-bond donors (Lipinski definition) is 2. The van der Waals surface area contributed by atoms with Crippen LogP contribution < -0.4 is 11.0 Å². The van der Waals surface area contributed by atoms with Gasteiger partial charge in [-0.15, -0.1) is 0 Å². The first-order chi connectivity index (χ1) is 8.58. The molecule has 1 heterocycles. The van der Waals surface area contributed by atoms with Crippen LogP contribution in [0.2, 0.25) is 0 Å². The highest BCUT2D eigenvalue weighted by atomic mass is 16.3. The van der Waals surface area contributed by atoms with Crippen LogP contribution in [0.1, 0.15) is 32.7 Å². The van der Waals surface area contributed by atoms with Gasteiger partial charge in [0.15, 0.2) is 0 Å². The molecule has 1 fully saturated rings. The summed E-state index contributed by atoms with van der Waals surface area (Å²) in [5.41, 5.74) is 0.000379. The van der Waals surface area contributed by atoms with E-state index >= 15 is 0 Å². The Balaban J connectivity index is 1.83. The maximum absolute atomic E-state index is 12.0. The third kappa shape index (κ3) is 3.46. The van der Waals surface area contributed by atoms with Crippen molar-refractivity contribution >= 4 is 0 Å². The Bertz CT molecular complexity index is 432. The van der Waals surface area contributed by atoms with Crippen LogP contribution in [0.5, 0.6) is 0 Å². The number of aliphatic hydroxyl groups excluding tert-OH is 1. The van der Waals surface area contributed by atoms with E-state index in [4.69, 9.17) is 0 Å². The lowest BCUT2D eigenvalue weighted by molar-refractivity contribution is 0.149. The summed E-state index contributed by atoms with van der Waals surface area (Å²) < 4.78 is 3.37. The molecule has 1 aliphatic carbocycles. The molecular formula is C13H23N3O2. The molecular weight excluding hydrogens is 230 g/mol. The molecule has 1 aromatic rings. The van der Waals surface area contributed by atoms with E-state index in [0.29, 0.717) is 25.0 Å². The standard InChI is InChI=1S/C13H23N3O2/c1-10(2)7-14-8-12(17)9-15-5-6-16(13(15)18)11-3-4-11/h5-6,10-12,14,17H,3-4,7-9H2,1-2H3. The van der Waals surface area contributed by atoms with E-state index in [1.54, 1.807) is 15.3 Å². The summed E-state index contributed by atoms with van der Waals surface area (Å²) in [7, 11) is 0. The highest BCUT2D eigenvalue weighted by Crippen LogP contribution is 2.33. The first-order valence-corrected chi connectivity index (χ1v) is 6.74. The van der Waals surface area contributed by atoms with Gasteiger partial charge in [0.25, 0.3) is 0 Å². The predicted molar refractivity (Wildman–Crippen MR) is 70.7 cm³/mol. The smallest absolute Gasteiger partial charge is 0.328 e. The van der Waals surface area contributed by atoms with Crippen LogP contribution in [0, 0.1) is 5.92 Å². The van der Waals surface area contributed by atoms with Crippen LogP contribution in [0.4, 0.5) is 0 Å². The molecule has 102 valence electrons. The molecule has 2 N–H and O–H groups in total. The predicted octanol–water partition coefficient (Wildman–Crippen LogP) is 0.591. The first-order valence-electron chi connectivity index (χ1n) is 6.74. The average Bonchev–Trinajstić information content (AvgIpc) is 3.06. The average molecular weight is 253 g/mol. The van der Waals surface area contributed by atoms with Gasteiger partial charge >= 0.3 is 5.69 Å². The quantitative estimate of drug-likeness (QED) is 0.748. The van der Waals surface area contributed by atoms with Gasteiger partial charge in [-0.05, 0) is 25.3 Å². The summed E-state index contributed by atoms with van der Waals surface area (Å²) >= 11 is 0. The molecule has 0 amide bonds. The van der Waals surface area contributed by atoms with Gasteiger partial charge in [-0.3, -0.25) is 9.13 Å². The van der Waals surface area contributed by atoms with Crippen LogP contribution in [-0.2, 0) is 6.54 Å². The largest absolute Gasteiger partial charge is 0.390 e.